The second-order valence-electron chi connectivity index (χ2n) is 7.09. The molecule has 6 nitrogen and oxygen atoms in total. The summed E-state index contributed by atoms with van der Waals surface area (Å²) < 4.78 is 33.0. The van der Waals surface area contributed by atoms with Gasteiger partial charge in [-0.15, -0.1) is 0 Å². The third-order valence-corrected chi connectivity index (χ3v) is 8.07. The summed E-state index contributed by atoms with van der Waals surface area (Å²) >= 11 is 0. The molecule has 1 heterocycles. The Morgan fingerprint density at radius 1 is 0.885 bits per heavy atom. The summed E-state index contributed by atoms with van der Waals surface area (Å²) in [6, 6.07) is -0.364. The maximum Gasteiger partial charge on any atom is 0.322 e. The minimum absolute atomic E-state index is 0.294. The molecule has 0 aromatic heterocycles. The molecule has 1 aliphatic rings. The topological polar surface area (TPSA) is 66.9 Å². The molecule has 26 heavy (non-hydrogen) atoms. The van der Waals surface area contributed by atoms with Gasteiger partial charge in [-0.1, -0.05) is 0 Å². The van der Waals surface area contributed by atoms with Crippen LogP contribution in [0.4, 0.5) is 0 Å². The number of sulfonamides is 1. The number of hydrogen-bond acceptors (Lipinski definition) is 5. The van der Waals surface area contributed by atoms with E-state index >= 15 is 0 Å². The molecule has 0 bridgehead atoms. The standard InChI is InChI=1S/C19H30N2O4S/c1-12-13(2)15(4)18(16(5)14(12)3)26(23,24)21-10-8-20(9-11-21)17(6)19(22)25-7/h17H,8-11H2,1-7H3. The van der Waals surface area contributed by atoms with Gasteiger partial charge in [-0.2, -0.15) is 4.31 Å². The number of rotatable bonds is 4. The lowest BCUT2D eigenvalue weighted by atomic mass is 9.95. The fourth-order valence-electron chi connectivity index (χ4n) is 3.63. The minimum Gasteiger partial charge on any atom is -0.468 e. The Kier molecular flexibility index (Phi) is 6.15. The Morgan fingerprint density at radius 2 is 1.31 bits per heavy atom. The minimum atomic E-state index is -3.57. The molecular weight excluding hydrogens is 352 g/mol. The van der Waals surface area contributed by atoms with Crippen molar-refractivity contribution >= 4 is 16.0 Å². The summed E-state index contributed by atoms with van der Waals surface area (Å²) in [5.74, 6) is -0.294. The normalized spacial score (nSPS) is 18.0. The van der Waals surface area contributed by atoms with E-state index in [-0.39, 0.29) is 12.0 Å². The van der Waals surface area contributed by atoms with E-state index in [4.69, 9.17) is 4.74 Å². The van der Waals surface area contributed by atoms with Gasteiger partial charge in [-0.3, -0.25) is 9.69 Å². The molecule has 1 atom stereocenters. The Labute approximate surface area is 157 Å². The maximum atomic E-state index is 13.3. The first-order valence-electron chi connectivity index (χ1n) is 8.93. The molecule has 1 fully saturated rings. The van der Waals surface area contributed by atoms with Crippen LogP contribution in [-0.2, 0) is 19.6 Å². The highest BCUT2D eigenvalue weighted by atomic mass is 32.2. The van der Waals surface area contributed by atoms with Crippen molar-refractivity contribution in [3.05, 3.63) is 27.8 Å². The van der Waals surface area contributed by atoms with Crippen LogP contribution in [0.1, 0.15) is 34.7 Å². The molecule has 0 aliphatic carbocycles. The molecule has 1 aromatic rings. The van der Waals surface area contributed by atoms with Gasteiger partial charge in [0, 0.05) is 26.2 Å². The lowest BCUT2D eigenvalue weighted by Gasteiger charge is -2.36. The van der Waals surface area contributed by atoms with Crippen molar-refractivity contribution in [2.24, 2.45) is 0 Å². The average molecular weight is 383 g/mol. The van der Waals surface area contributed by atoms with E-state index in [9.17, 15) is 13.2 Å². The number of piperazine rings is 1. The number of carbonyl (C=O) groups is 1. The molecule has 146 valence electrons. The number of esters is 1. The van der Waals surface area contributed by atoms with Crippen LogP contribution in [0.5, 0.6) is 0 Å². The Bertz CT molecular complexity index is 780. The van der Waals surface area contributed by atoms with E-state index in [0.717, 1.165) is 27.8 Å². The highest BCUT2D eigenvalue weighted by Gasteiger charge is 2.34. The number of carbonyl (C=O) groups excluding carboxylic acids is 1. The van der Waals surface area contributed by atoms with Crippen molar-refractivity contribution in [2.75, 3.05) is 33.3 Å². The summed E-state index contributed by atoms with van der Waals surface area (Å²) in [5.41, 5.74) is 4.87. The van der Waals surface area contributed by atoms with Gasteiger partial charge < -0.3 is 4.74 Å². The molecule has 0 amide bonds. The smallest absolute Gasteiger partial charge is 0.322 e. The number of methoxy groups -OCH3 is 1. The summed E-state index contributed by atoms with van der Waals surface area (Å²) in [6.07, 6.45) is 0. The summed E-state index contributed by atoms with van der Waals surface area (Å²) in [4.78, 5) is 14.1. The van der Waals surface area contributed by atoms with Gasteiger partial charge in [-0.25, -0.2) is 8.42 Å². The molecule has 0 N–H and O–H groups in total. The third kappa shape index (κ3) is 3.52. The van der Waals surface area contributed by atoms with Gasteiger partial charge in [0.05, 0.1) is 12.0 Å². The van der Waals surface area contributed by atoms with Crippen LogP contribution in [0.25, 0.3) is 0 Å². The Hall–Kier alpha value is -1.44. The number of nitrogens with zero attached hydrogens (tertiary/aromatic N) is 2. The maximum absolute atomic E-state index is 13.3. The van der Waals surface area contributed by atoms with Crippen LogP contribution in [0.15, 0.2) is 4.90 Å². The van der Waals surface area contributed by atoms with Crippen molar-refractivity contribution in [2.45, 2.75) is 52.5 Å². The molecule has 0 spiro atoms. The summed E-state index contributed by atoms with van der Waals surface area (Å²) in [6.45, 7) is 13.3. The second-order valence-corrected chi connectivity index (χ2v) is 8.97. The van der Waals surface area contributed by atoms with E-state index in [1.165, 1.54) is 11.4 Å². The lowest BCUT2D eigenvalue weighted by molar-refractivity contribution is -0.146. The van der Waals surface area contributed by atoms with E-state index in [1.54, 1.807) is 6.92 Å². The highest BCUT2D eigenvalue weighted by Crippen LogP contribution is 2.32. The van der Waals surface area contributed by atoms with Gasteiger partial charge in [0.15, 0.2) is 0 Å². The molecule has 1 saturated heterocycles. The Balaban J connectivity index is 2.30. The molecule has 2 rings (SSSR count). The fourth-order valence-corrected chi connectivity index (χ4v) is 5.61. The van der Waals surface area contributed by atoms with Crippen molar-refractivity contribution in [3.8, 4) is 0 Å². The van der Waals surface area contributed by atoms with Gasteiger partial charge in [0.2, 0.25) is 10.0 Å². The Morgan fingerprint density at radius 3 is 1.73 bits per heavy atom. The van der Waals surface area contributed by atoms with Crippen molar-refractivity contribution in [1.29, 1.82) is 0 Å². The zero-order valence-corrected chi connectivity index (χ0v) is 17.7. The van der Waals surface area contributed by atoms with E-state index < -0.39 is 10.0 Å². The zero-order valence-electron chi connectivity index (χ0n) is 16.8. The molecule has 1 aliphatic heterocycles. The molecule has 0 saturated carbocycles. The van der Waals surface area contributed by atoms with Crippen LogP contribution >= 0.6 is 0 Å². The first-order chi connectivity index (χ1) is 12.0. The van der Waals surface area contributed by atoms with Crippen molar-refractivity contribution < 1.29 is 17.9 Å². The van der Waals surface area contributed by atoms with E-state index in [2.05, 4.69) is 0 Å². The monoisotopic (exact) mass is 382 g/mol. The number of ether oxygens (including phenoxy) is 1. The van der Waals surface area contributed by atoms with Crippen LogP contribution < -0.4 is 0 Å². The van der Waals surface area contributed by atoms with Gasteiger partial charge in [0.25, 0.3) is 0 Å². The molecule has 1 aromatic carbocycles. The summed E-state index contributed by atoms with van der Waals surface area (Å²) in [7, 11) is -2.20. The van der Waals surface area contributed by atoms with Crippen molar-refractivity contribution in [3.63, 3.8) is 0 Å². The SMILES string of the molecule is COC(=O)C(C)N1CCN(S(=O)(=O)c2c(C)c(C)c(C)c(C)c2C)CC1. The second kappa shape index (κ2) is 7.66. The molecule has 7 heteroatoms. The fraction of sp³-hybridized carbons (Fsp3) is 0.632. The van der Waals surface area contributed by atoms with Crippen molar-refractivity contribution in [1.82, 2.24) is 9.21 Å². The molecule has 0 radical (unpaired) electrons. The van der Waals surface area contributed by atoms with E-state index in [1.807, 2.05) is 39.5 Å². The average Bonchev–Trinajstić information content (AvgIpc) is 2.63. The third-order valence-electron chi connectivity index (χ3n) is 5.89. The van der Waals surface area contributed by atoms with Gasteiger partial charge in [-0.05, 0) is 69.4 Å². The quantitative estimate of drug-likeness (QED) is 0.746. The molecular formula is C19H30N2O4S. The number of hydrogen-bond donors (Lipinski definition) is 0. The van der Waals surface area contributed by atoms with Gasteiger partial charge >= 0.3 is 5.97 Å². The lowest BCUT2D eigenvalue weighted by Crippen LogP contribution is -2.53. The molecule has 1 unspecified atom stereocenters. The highest BCUT2D eigenvalue weighted by molar-refractivity contribution is 7.89. The predicted octanol–water partition coefficient (Wildman–Crippen LogP) is 2.10. The first-order valence-corrected chi connectivity index (χ1v) is 10.4. The summed E-state index contributed by atoms with van der Waals surface area (Å²) in [5, 5.41) is 0. The van der Waals surface area contributed by atoms with Crippen LogP contribution in [0.2, 0.25) is 0 Å². The van der Waals surface area contributed by atoms with Crippen LogP contribution in [-0.4, -0.2) is 62.9 Å². The zero-order chi connectivity index (χ0) is 19.8. The predicted molar refractivity (Wildman–Crippen MR) is 102 cm³/mol. The first kappa shape index (κ1) is 20.9. The largest absolute Gasteiger partial charge is 0.468 e. The van der Waals surface area contributed by atoms with E-state index in [0.29, 0.717) is 31.1 Å². The van der Waals surface area contributed by atoms with Crippen LogP contribution in [0, 0.1) is 34.6 Å². The number of benzene rings is 1. The van der Waals surface area contributed by atoms with Gasteiger partial charge in [0.1, 0.15) is 6.04 Å². The van der Waals surface area contributed by atoms with Crippen LogP contribution in [0.3, 0.4) is 0 Å².